The minimum Gasteiger partial charge on any atom is -0.322 e. The average Bonchev–Trinajstić information content (AvgIpc) is 1.69. The van der Waals surface area contributed by atoms with E-state index in [-0.39, 0.29) is 21.0 Å². The topological polar surface area (TPSA) is 27.6 Å². The number of rotatable bonds is 0. The number of hydrogen-bond acceptors (Lipinski definition) is 3. The lowest BCUT2D eigenvalue weighted by Gasteiger charge is -2.07. The van der Waals surface area contributed by atoms with Gasteiger partial charge in [0.1, 0.15) is 6.34 Å². The van der Waals surface area contributed by atoms with E-state index >= 15 is 0 Å². The SMILES string of the molecule is CN1C=INC=N1. The molecule has 4 heteroatoms. The zero-order valence-electron chi connectivity index (χ0n) is 3.93. The Bertz CT molecular complexity index is 96.7. The highest BCUT2D eigenvalue weighted by atomic mass is 127. The fraction of sp³-hybridized carbons (Fsp3) is 0.333. The van der Waals surface area contributed by atoms with Gasteiger partial charge in [-0.1, -0.05) is 0 Å². The molecule has 0 aromatic heterocycles. The van der Waals surface area contributed by atoms with E-state index in [0.717, 1.165) is 0 Å². The van der Waals surface area contributed by atoms with E-state index in [1.807, 2.05) is 12.1 Å². The van der Waals surface area contributed by atoms with Crippen LogP contribution in [0.15, 0.2) is 5.10 Å². The first-order valence-electron chi connectivity index (χ1n) is 1.86. The molecule has 0 amide bonds. The molecule has 0 aromatic rings. The van der Waals surface area contributed by atoms with Crippen LogP contribution in [0.5, 0.6) is 0 Å². The smallest absolute Gasteiger partial charge is 0.117 e. The van der Waals surface area contributed by atoms with E-state index in [9.17, 15) is 0 Å². The maximum absolute atomic E-state index is 3.90. The largest absolute Gasteiger partial charge is 0.322 e. The summed E-state index contributed by atoms with van der Waals surface area (Å²) in [4.78, 5) is 0. The standard InChI is InChI=1S/C3H6IN3/c1-7-2-4-5-3-6-7/h2-3H,1H3,(H,5,6). The first kappa shape index (κ1) is 5.02. The van der Waals surface area contributed by atoms with Gasteiger partial charge in [-0.25, -0.2) is 0 Å². The van der Waals surface area contributed by atoms with Crippen LogP contribution in [0.4, 0.5) is 0 Å². The van der Waals surface area contributed by atoms with E-state index in [0.29, 0.717) is 0 Å². The lowest BCUT2D eigenvalue weighted by Crippen LogP contribution is -2.14. The highest BCUT2D eigenvalue weighted by Gasteiger charge is 1.84. The van der Waals surface area contributed by atoms with Gasteiger partial charge in [0, 0.05) is 28.1 Å². The van der Waals surface area contributed by atoms with Crippen molar-refractivity contribution in [1.29, 1.82) is 0 Å². The Morgan fingerprint density at radius 2 is 2.71 bits per heavy atom. The molecule has 7 heavy (non-hydrogen) atoms. The summed E-state index contributed by atoms with van der Waals surface area (Å²) >= 11 is 0.0761. The Kier molecular flexibility index (Phi) is 1.61. The molecule has 1 aliphatic heterocycles. The minimum atomic E-state index is 0.0761. The molecule has 0 saturated carbocycles. The van der Waals surface area contributed by atoms with Crippen LogP contribution in [0.3, 0.4) is 0 Å². The van der Waals surface area contributed by atoms with Crippen molar-refractivity contribution in [3.63, 3.8) is 0 Å². The van der Waals surface area contributed by atoms with Gasteiger partial charge in [-0.15, -0.1) is 0 Å². The van der Waals surface area contributed by atoms with Gasteiger partial charge in [-0.05, 0) is 0 Å². The van der Waals surface area contributed by atoms with E-state index in [2.05, 4.69) is 12.8 Å². The van der Waals surface area contributed by atoms with Crippen LogP contribution in [-0.2, 0) is 0 Å². The van der Waals surface area contributed by atoms with E-state index in [1.165, 1.54) is 0 Å². The summed E-state index contributed by atoms with van der Waals surface area (Å²) in [6.45, 7) is 0. The Morgan fingerprint density at radius 1 is 1.86 bits per heavy atom. The van der Waals surface area contributed by atoms with Gasteiger partial charge in [-0.3, -0.25) is 5.01 Å². The van der Waals surface area contributed by atoms with Crippen molar-refractivity contribution in [2.75, 3.05) is 7.05 Å². The molecule has 3 nitrogen and oxygen atoms in total. The third-order valence-corrected chi connectivity index (χ3v) is 2.26. The quantitative estimate of drug-likeness (QED) is 0.455. The van der Waals surface area contributed by atoms with Crippen LogP contribution in [0.25, 0.3) is 0 Å². The van der Waals surface area contributed by atoms with E-state index in [1.54, 1.807) is 6.34 Å². The van der Waals surface area contributed by atoms with Crippen molar-refractivity contribution >= 4 is 31.5 Å². The lowest BCUT2D eigenvalue weighted by atomic mass is 11.1. The molecule has 1 N–H and O–H groups in total. The van der Waals surface area contributed by atoms with Crippen LogP contribution in [-0.4, -0.2) is 22.5 Å². The second-order valence-corrected chi connectivity index (χ2v) is 2.94. The Balaban J connectivity index is 2.49. The highest BCUT2D eigenvalue weighted by Crippen LogP contribution is 1.91. The summed E-state index contributed by atoms with van der Waals surface area (Å²) in [7, 11) is 1.93. The molecule has 1 rings (SSSR count). The summed E-state index contributed by atoms with van der Waals surface area (Å²) in [5.41, 5.74) is 0. The van der Waals surface area contributed by atoms with Gasteiger partial charge in [0.05, 0.1) is 4.14 Å². The van der Waals surface area contributed by atoms with Crippen molar-refractivity contribution in [3.05, 3.63) is 0 Å². The predicted octanol–water partition coefficient (Wildman–Crippen LogP) is 0.110. The molecule has 0 atom stereocenters. The fourth-order valence-electron chi connectivity index (χ4n) is 0.265. The second-order valence-electron chi connectivity index (χ2n) is 1.13. The van der Waals surface area contributed by atoms with E-state index < -0.39 is 0 Å². The molecular formula is C3H6IN3. The van der Waals surface area contributed by atoms with Crippen LogP contribution >= 0.6 is 21.0 Å². The third kappa shape index (κ3) is 1.42. The van der Waals surface area contributed by atoms with Crippen molar-refractivity contribution in [2.24, 2.45) is 5.10 Å². The van der Waals surface area contributed by atoms with Crippen molar-refractivity contribution < 1.29 is 0 Å². The zero-order chi connectivity index (χ0) is 5.11. The van der Waals surface area contributed by atoms with Crippen LogP contribution in [0.2, 0.25) is 0 Å². The molecule has 0 unspecified atom stereocenters. The lowest BCUT2D eigenvalue weighted by molar-refractivity contribution is 0.572. The van der Waals surface area contributed by atoms with Crippen molar-refractivity contribution in [2.45, 2.75) is 0 Å². The number of hydrazone groups is 1. The Morgan fingerprint density at radius 3 is 3.00 bits per heavy atom. The van der Waals surface area contributed by atoms with Crippen LogP contribution in [0, 0.1) is 0 Å². The second kappa shape index (κ2) is 2.25. The third-order valence-electron chi connectivity index (χ3n) is 0.542. The summed E-state index contributed by atoms with van der Waals surface area (Å²) in [5, 5.41) is 5.72. The van der Waals surface area contributed by atoms with E-state index in [4.69, 9.17) is 0 Å². The number of nitrogens with zero attached hydrogens (tertiary/aromatic N) is 2. The highest BCUT2D eigenvalue weighted by molar-refractivity contribution is 14.2. The molecule has 1 aliphatic rings. The van der Waals surface area contributed by atoms with Crippen molar-refractivity contribution in [3.8, 4) is 0 Å². The summed E-state index contributed by atoms with van der Waals surface area (Å²) in [6.07, 6.45) is 1.73. The maximum atomic E-state index is 3.90. The normalized spacial score (nSPS) is 18.1. The van der Waals surface area contributed by atoms with Gasteiger partial charge in [0.25, 0.3) is 0 Å². The number of halogens is 1. The van der Waals surface area contributed by atoms with Crippen LogP contribution < -0.4 is 3.53 Å². The van der Waals surface area contributed by atoms with Gasteiger partial charge in [0.2, 0.25) is 0 Å². The summed E-state index contributed by atoms with van der Waals surface area (Å²) in [5.74, 6) is 0. The van der Waals surface area contributed by atoms with Gasteiger partial charge >= 0.3 is 0 Å². The number of hydrogen-bond donors (Lipinski definition) is 1. The molecule has 0 aromatic carbocycles. The number of nitrogens with one attached hydrogen (secondary N) is 1. The molecule has 40 valence electrons. The molecule has 0 bridgehead atoms. The summed E-state index contributed by atoms with van der Waals surface area (Å²) < 4.78 is 5.10. The average molecular weight is 211 g/mol. The monoisotopic (exact) mass is 211 g/mol. The van der Waals surface area contributed by atoms with Crippen LogP contribution in [0.1, 0.15) is 0 Å². The molecule has 0 radical (unpaired) electrons. The van der Waals surface area contributed by atoms with Gasteiger partial charge in [0.15, 0.2) is 0 Å². The first-order valence-corrected chi connectivity index (χ1v) is 4.18. The summed E-state index contributed by atoms with van der Waals surface area (Å²) in [6, 6.07) is 0. The molecular weight excluding hydrogens is 205 g/mol. The van der Waals surface area contributed by atoms with Crippen molar-refractivity contribution in [1.82, 2.24) is 8.54 Å². The molecule has 0 fully saturated rings. The molecule has 0 aliphatic carbocycles. The maximum Gasteiger partial charge on any atom is 0.117 e. The molecule has 0 spiro atoms. The van der Waals surface area contributed by atoms with Gasteiger partial charge in [-0.2, -0.15) is 5.10 Å². The zero-order valence-corrected chi connectivity index (χ0v) is 6.08. The predicted molar refractivity (Wildman–Crippen MR) is 39.5 cm³/mol. The first-order chi connectivity index (χ1) is 3.39. The molecule has 0 saturated heterocycles. The fourth-order valence-corrected chi connectivity index (χ4v) is 1.26. The molecule has 1 heterocycles. The Labute approximate surface area is 52.5 Å². The Hall–Kier alpha value is -0.130. The van der Waals surface area contributed by atoms with Gasteiger partial charge < -0.3 is 3.53 Å². The minimum absolute atomic E-state index is 0.0761.